The van der Waals surface area contributed by atoms with Crippen LogP contribution in [0, 0.1) is 11.8 Å². The highest BCUT2D eigenvalue weighted by atomic mass is 31.1. The van der Waals surface area contributed by atoms with Crippen molar-refractivity contribution in [3.63, 3.8) is 0 Å². The molecular weight excluding hydrogens is 271 g/mol. The molecular formula is C16H34O3P+. The third-order valence-corrected chi connectivity index (χ3v) is 4.64. The third-order valence-electron chi connectivity index (χ3n) is 3.92. The molecule has 120 valence electrons. The van der Waals surface area contributed by atoms with Crippen molar-refractivity contribution in [3.05, 3.63) is 0 Å². The fraction of sp³-hybridized carbons (Fsp3) is 1.00. The van der Waals surface area contributed by atoms with Crippen molar-refractivity contribution >= 4 is 8.25 Å². The summed E-state index contributed by atoms with van der Waals surface area (Å²) in [6.45, 7) is 9.84. The molecule has 4 heteroatoms. The molecule has 0 bridgehead atoms. The lowest BCUT2D eigenvalue weighted by Gasteiger charge is -2.11. The summed E-state index contributed by atoms with van der Waals surface area (Å²) in [6.07, 6.45) is 9.31. The van der Waals surface area contributed by atoms with Crippen molar-refractivity contribution in [3.8, 4) is 0 Å². The van der Waals surface area contributed by atoms with Crippen molar-refractivity contribution in [2.45, 2.75) is 79.1 Å². The van der Waals surface area contributed by atoms with Crippen molar-refractivity contribution in [1.29, 1.82) is 0 Å². The minimum absolute atomic E-state index is 0.513. The van der Waals surface area contributed by atoms with Gasteiger partial charge in [-0.2, -0.15) is 0 Å². The van der Waals surface area contributed by atoms with Gasteiger partial charge < -0.3 is 0 Å². The zero-order valence-electron chi connectivity index (χ0n) is 13.9. The maximum Gasteiger partial charge on any atom is 0.697 e. The van der Waals surface area contributed by atoms with E-state index in [0.29, 0.717) is 25.0 Å². The van der Waals surface area contributed by atoms with E-state index in [1.54, 1.807) is 0 Å². The molecule has 0 fully saturated rings. The lowest BCUT2D eigenvalue weighted by atomic mass is 10.0. The van der Waals surface area contributed by atoms with Crippen LogP contribution >= 0.6 is 8.25 Å². The monoisotopic (exact) mass is 305 g/mol. The summed E-state index contributed by atoms with van der Waals surface area (Å²) in [5.41, 5.74) is 0. The van der Waals surface area contributed by atoms with E-state index in [4.69, 9.17) is 9.05 Å². The summed E-state index contributed by atoms with van der Waals surface area (Å²) in [6, 6.07) is 0. The topological polar surface area (TPSA) is 35.5 Å². The Hall–Kier alpha value is 0.0200. The van der Waals surface area contributed by atoms with Crippen LogP contribution in [0.5, 0.6) is 0 Å². The number of rotatable bonds is 14. The van der Waals surface area contributed by atoms with Gasteiger partial charge in [-0.1, -0.05) is 66.2 Å². The summed E-state index contributed by atoms with van der Waals surface area (Å²) in [7, 11) is -1.94. The van der Waals surface area contributed by atoms with E-state index in [9.17, 15) is 4.57 Å². The predicted octanol–water partition coefficient (Wildman–Crippen LogP) is 6.11. The van der Waals surface area contributed by atoms with Crippen molar-refractivity contribution in [2.75, 3.05) is 13.2 Å². The highest BCUT2D eigenvalue weighted by Gasteiger charge is 2.24. The van der Waals surface area contributed by atoms with Crippen LogP contribution in [0.2, 0.25) is 0 Å². The lowest BCUT2D eigenvalue weighted by molar-refractivity contribution is 0.167. The van der Waals surface area contributed by atoms with Gasteiger partial charge in [0, 0.05) is 4.57 Å². The van der Waals surface area contributed by atoms with Crippen LogP contribution in [0.25, 0.3) is 0 Å². The van der Waals surface area contributed by atoms with Gasteiger partial charge in [0.25, 0.3) is 0 Å². The molecule has 0 aliphatic rings. The van der Waals surface area contributed by atoms with Crippen molar-refractivity contribution in [1.82, 2.24) is 0 Å². The standard InChI is InChI=1S/C16H34O3P/c1-5-9-11-15(7-3)13-18-20(17)19-14-16(8-4)12-10-6-2/h15-16H,5-14H2,1-4H3/q+1. The zero-order valence-corrected chi connectivity index (χ0v) is 14.8. The normalized spacial score (nSPS) is 15.1. The van der Waals surface area contributed by atoms with Gasteiger partial charge in [-0.05, 0) is 24.7 Å². The van der Waals surface area contributed by atoms with Crippen molar-refractivity contribution < 1.29 is 13.6 Å². The molecule has 0 spiro atoms. The second kappa shape index (κ2) is 14.0. The Balaban J connectivity index is 3.80. The first-order valence-electron chi connectivity index (χ1n) is 8.40. The van der Waals surface area contributed by atoms with Crippen LogP contribution in [0.3, 0.4) is 0 Å². The Labute approximate surface area is 126 Å². The molecule has 0 amide bonds. The summed E-state index contributed by atoms with van der Waals surface area (Å²) in [5, 5.41) is 0. The van der Waals surface area contributed by atoms with Gasteiger partial charge in [0.1, 0.15) is 13.2 Å². The molecule has 2 atom stereocenters. The molecule has 0 N–H and O–H groups in total. The molecule has 0 aromatic heterocycles. The van der Waals surface area contributed by atoms with Crippen LogP contribution in [0.4, 0.5) is 0 Å². The fourth-order valence-electron chi connectivity index (χ4n) is 2.17. The summed E-state index contributed by atoms with van der Waals surface area (Å²) < 4.78 is 22.5. The molecule has 0 aromatic carbocycles. The molecule has 0 rings (SSSR count). The molecule has 0 saturated heterocycles. The van der Waals surface area contributed by atoms with Crippen LogP contribution in [-0.2, 0) is 13.6 Å². The van der Waals surface area contributed by atoms with Gasteiger partial charge in [0.05, 0.1) is 0 Å². The minimum Gasteiger partial charge on any atom is -0.119 e. The van der Waals surface area contributed by atoms with Crippen LogP contribution in [-0.4, -0.2) is 13.2 Å². The predicted molar refractivity (Wildman–Crippen MR) is 86.1 cm³/mol. The third kappa shape index (κ3) is 10.8. The van der Waals surface area contributed by atoms with Crippen molar-refractivity contribution in [2.24, 2.45) is 11.8 Å². The SMILES string of the molecule is CCCCC(CC)CO[P+](=O)OCC(CC)CCCC. The fourth-order valence-corrected chi connectivity index (χ4v) is 2.91. The lowest BCUT2D eigenvalue weighted by Crippen LogP contribution is -2.08. The molecule has 0 heterocycles. The number of unbranched alkanes of at least 4 members (excludes halogenated alkanes) is 2. The smallest absolute Gasteiger partial charge is 0.119 e. The second-order valence-electron chi connectivity index (χ2n) is 5.65. The molecule has 0 saturated carbocycles. The zero-order chi connectivity index (χ0) is 15.2. The average Bonchev–Trinajstić information content (AvgIpc) is 2.47. The highest BCUT2D eigenvalue weighted by molar-refractivity contribution is 7.33. The van der Waals surface area contributed by atoms with Crippen LogP contribution in [0.1, 0.15) is 79.1 Å². The van der Waals surface area contributed by atoms with E-state index in [2.05, 4.69) is 27.7 Å². The largest absolute Gasteiger partial charge is 0.697 e. The molecule has 0 aromatic rings. The first-order valence-corrected chi connectivity index (χ1v) is 9.50. The van der Waals surface area contributed by atoms with Crippen LogP contribution < -0.4 is 0 Å². The van der Waals surface area contributed by atoms with Gasteiger partial charge in [-0.15, -0.1) is 9.05 Å². The minimum atomic E-state index is -1.94. The van der Waals surface area contributed by atoms with E-state index in [0.717, 1.165) is 25.7 Å². The Morgan fingerprint density at radius 2 is 1.20 bits per heavy atom. The van der Waals surface area contributed by atoms with Gasteiger partial charge in [-0.25, -0.2) is 0 Å². The molecule has 0 aliphatic carbocycles. The second-order valence-corrected chi connectivity index (χ2v) is 6.61. The van der Waals surface area contributed by atoms with E-state index >= 15 is 0 Å². The van der Waals surface area contributed by atoms with E-state index in [1.165, 1.54) is 25.7 Å². The summed E-state index contributed by atoms with van der Waals surface area (Å²) in [4.78, 5) is 0. The van der Waals surface area contributed by atoms with E-state index < -0.39 is 8.25 Å². The summed E-state index contributed by atoms with van der Waals surface area (Å²) in [5.74, 6) is 1.03. The Bertz CT molecular complexity index is 212. The number of hydrogen-bond acceptors (Lipinski definition) is 3. The van der Waals surface area contributed by atoms with Gasteiger partial charge >= 0.3 is 8.25 Å². The molecule has 2 unspecified atom stereocenters. The average molecular weight is 305 g/mol. The van der Waals surface area contributed by atoms with E-state index in [1.807, 2.05) is 0 Å². The van der Waals surface area contributed by atoms with Gasteiger partial charge in [-0.3, -0.25) is 0 Å². The Morgan fingerprint density at radius 1 is 0.800 bits per heavy atom. The van der Waals surface area contributed by atoms with Crippen LogP contribution in [0.15, 0.2) is 0 Å². The first kappa shape index (κ1) is 20.0. The van der Waals surface area contributed by atoms with Gasteiger partial charge in [0.2, 0.25) is 0 Å². The highest BCUT2D eigenvalue weighted by Crippen LogP contribution is 2.28. The molecule has 3 nitrogen and oxygen atoms in total. The maximum absolute atomic E-state index is 11.7. The Morgan fingerprint density at radius 3 is 1.50 bits per heavy atom. The maximum atomic E-state index is 11.7. The molecule has 20 heavy (non-hydrogen) atoms. The van der Waals surface area contributed by atoms with E-state index in [-0.39, 0.29) is 0 Å². The quantitative estimate of drug-likeness (QED) is 0.363. The Kier molecular flexibility index (Phi) is 14.0. The summed E-state index contributed by atoms with van der Waals surface area (Å²) >= 11 is 0. The van der Waals surface area contributed by atoms with Gasteiger partial charge in [0.15, 0.2) is 0 Å². The molecule has 0 radical (unpaired) electrons. The first-order chi connectivity index (χ1) is 9.67. The number of hydrogen-bond donors (Lipinski definition) is 0. The molecule has 0 aliphatic heterocycles.